The van der Waals surface area contributed by atoms with Gasteiger partial charge in [0.15, 0.2) is 5.96 Å². The maximum atomic E-state index is 5.73. The molecule has 0 atom stereocenters. The molecule has 0 aliphatic carbocycles. The summed E-state index contributed by atoms with van der Waals surface area (Å²) >= 11 is 0. The predicted octanol–water partition coefficient (Wildman–Crippen LogP) is 3.57. The number of rotatable bonds is 11. The first kappa shape index (κ1) is 24.0. The number of pyridine rings is 1. The number of guanidine groups is 1. The van der Waals surface area contributed by atoms with Crippen molar-refractivity contribution in [3.63, 3.8) is 0 Å². The van der Waals surface area contributed by atoms with Gasteiger partial charge in [0, 0.05) is 44.6 Å². The number of aromatic nitrogens is 1. The number of aliphatic imine (C=N–C) groups is 1. The molecule has 0 saturated carbocycles. The van der Waals surface area contributed by atoms with Gasteiger partial charge >= 0.3 is 0 Å². The van der Waals surface area contributed by atoms with Crippen molar-refractivity contribution in [3.8, 4) is 11.5 Å². The highest BCUT2D eigenvalue weighted by Crippen LogP contribution is 2.17. The first-order chi connectivity index (χ1) is 13.3. The fraction of sp³-hybridized carbons (Fsp3) is 0.400. The fourth-order valence-corrected chi connectivity index (χ4v) is 2.25. The van der Waals surface area contributed by atoms with Crippen LogP contribution < -0.4 is 20.1 Å². The van der Waals surface area contributed by atoms with Crippen LogP contribution in [0, 0.1) is 0 Å². The van der Waals surface area contributed by atoms with Crippen molar-refractivity contribution in [2.24, 2.45) is 4.99 Å². The van der Waals surface area contributed by atoms with Crippen LogP contribution in [0.4, 0.5) is 5.69 Å². The topological polar surface area (TPSA) is 77.0 Å². The van der Waals surface area contributed by atoms with Crippen LogP contribution in [-0.4, -0.2) is 51.0 Å². The summed E-state index contributed by atoms with van der Waals surface area (Å²) in [6, 6.07) is 11.5. The molecule has 2 N–H and O–H groups in total. The molecule has 1 heterocycles. The van der Waals surface area contributed by atoms with Crippen LogP contribution in [0.15, 0.2) is 53.8 Å². The van der Waals surface area contributed by atoms with Crippen LogP contribution >= 0.6 is 24.0 Å². The lowest BCUT2D eigenvalue weighted by atomic mass is 10.3. The summed E-state index contributed by atoms with van der Waals surface area (Å²) in [5.41, 5.74) is 0.909. The van der Waals surface area contributed by atoms with Crippen molar-refractivity contribution in [1.29, 1.82) is 0 Å². The molecule has 8 heteroatoms. The molecule has 0 radical (unpaired) electrons. The van der Waals surface area contributed by atoms with E-state index in [1.54, 1.807) is 19.5 Å². The number of nitrogens with one attached hydrogen (secondary N) is 2. The van der Waals surface area contributed by atoms with E-state index in [1.807, 2.05) is 43.3 Å². The molecule has 28 heavy (non-hydrogen) atoms. The molecule has 7 nitrogen and oxygen atoms in total. The van der Waals surface area contributed by atoms with E-state index >= 15 is 0 Å². The van der Waals surface area contributed by atoms with Crippen LogP contribution in [0.1, 0.15) is 13.3 Å². The van der Waals surface area contributed by atoms with Gasteiger partial charge in [-0.1, -0.05) is 6.07 Å². The van der Waals surface area contributed by atoms with E-state index in [0.29, 0.717) is 32.3 Å². The zero-order chi connectivity index (χ0) is 19.2. The van der Waals surface area contributed by atoms with Gasteiger partial charge in [-0.15, -0.1) is 24.0 Å². The SMILES string of the molecule is CCNC(=NCCOc1cccnc1)Nc1cccc(OCCCOC)c1.I. The number of hydrogen-bond acceptors (Lipinski definition) is 5. The Labute approximate surface area is 183 Å². The lowest BCUT2D eigenvalue weighted by Crippen LogP contribution is -2.31. The van der Waals surface area contributed by atoms with Gasteiger partial charge < -0.3 is 24.8 Å². The first-order valence-corrected chi connectivity index (χ1v) is 9.11. The van der Waals surface area contributed by atoms with E-state index in [1.165, 1.54) is 0 Å². The quantitative estimate of drug-likeness (QED) is 0.213. The highest BCUT2D eigenvalue weighted by Gasteiger charge is 2.01. The lowest BCUT2D eigenvalue weighted by molar-refractivity contribution is 0.172. The van der Waals surface area contributed by atoms with Crippen LogP contribution in [0.25, 0.3) is 0 Å². The average Bonchev–Trinajstić information content (AvgIpc) is 2.70. The summed E-state index contributed by atoms with van der Waals surface area (Å²) in [5, 5.41) is 6.51. The van der Waals surface area contributed by atoms with Gasteiger partial charge in [0.2, 0.25) is 0 Å². The molecule has 0 aliphatic heterocycles. The van der Waals surface area contributed by atoms with Gasteiger partial charge in [-0.3, -0.25) is 4.98 Å². The molecule has 0 spiro atoms. The smallest absolute Gasteiger partial charge is 0.195 e. The van der Waals surface area contributed by atoms with Crippen molar-refractivity contribution in [1.82, 2.24) is 10.3 Å². The van der Waals surface area contributed by atoms with Crippen LogP contribution in [0.2, 0.25) is 0 Å². The normalized spacial score (nSPS) is 10.7. The van der Waals surface area contributed by atoms with E-state index in [-0.39, 0.29) is 24.0 Å². The van der Waals surface area contributed by atoms with Gasteiger partial charge in [-0.05, 0) is 31.2 Å². The van der Waals surface area contributed by atoms with Crippen molar-refractivity contribution >= 4 is 35.6 Å². The molecule has 154 valence electrons. The van der Waals surface area contributed by atoms with Gasteiger partial charge in [-0.2, -0.15) is 0 Å². The number of methoxy groups -OCH3 is 1. The Bertz CT molecular complexity index is 686. The lowest BCUT2D eigenvalue weighted by Gasteiger charge is -2.13. The van der Waals surface area contributed by atoms with E-state index in [2.05, 4.69) is 20.6 Å². The molecule has 2 rings (SSSR count). The minimum Gasteiger partial charge on any atom is -0.493 e. The predicted molar refractivity (Wildman–Crippen MR) is 123 cm³/mol. The van der Waals surface area contributed by atoms with E-state index in [0.717, 1.165) is 30.2 Å². The third kappa shape index (κ3) is 9.75. The molecule has 1 aromatic heterocycles. The summed E-state index contributed by atoms with van der Waals surface area (Å²) in [4.78, 5) is 8.55. The maximum absolute atomic E-state index is 5.73. The summed E-state index contributed by atoms with van der Waals surface area (Å²) in [7, 11) is 1.69. The highest BCUT2D eigenvalue weighted by molar-refractivity contribution is 14.0. The molecular formula is C20H29IN4O3. The van der Waals surface area contributed by atoms with Crippen molar-refractivity contribution in [2.45, 2.75) is 13.3 Å². The Morgan fingerprint density at radius 3 is 2.64 bits per heavy atom. The molecule has 0 aliphatic rings. The zero-order valence-electron chi connectivity index (χ0n) is 16.4. The Morgan fingerprint density at radius 1 is 1.07 bits per heavy atom. The van der Waals surface area contributed by atoms with Crippen molar-refractivity contribution < 1.29 is 14.2 Å². The number of nitrogens with zero attached hydrogens (tertiary/aromatic N) is 2. The minimum atomic E-state index is 0. The molecule has 0 bridgehead atoms. The largest absolute Gasteiger partial charge is 0.493 e. The number of anilines is 1. The Kier molecular flexibility index (Phi) is 12.8. The standard InChI is InChI=1S/C20H28N4O3.HI/c1-3-22-20(23-11-14-27-19-9-5-10-21-16-19)24-17-7-4-8-18(15-17)26-13-6-12-25-2;/h4-5,7-10,15-16H,3,6,11-14H2,1-2H3,(H2,22,23,24);1H. The fourth-order valence-electron chi connectivity index (χ4n) is 2.25. The average molecular weight is 500 g/mol. The monoisotopic (exact) mass is 500 g/mol. The van der Waals surface area contributed by atoms with Gasteiger partial charge in [-0.25, -0.2) is 4.99 Å². The number of ether oxygens (including phenoxy) is 3. The summed E-state index contributed by atoms with van der Waals surface area (Å²) in [5.74, 6) is 2.25. The number of hydrogen-bond donors (Lipinski definition) is 2. The second kappa shape index (κ2) is 14.9. The Balaban J connectivity index is 0.00000392. The van der Waals surface area contributed by atoms with Gasteiger partial charge in [0.1, 0.15) is 18.1 Å². The first-order valence-electron chi connectivity index (χ1n) is 9.11. The molecular weight excluding hydrogens is 471 g/mol. The Morgan fingerprint density at radius 2 is 1.89 bits per heavy atom. The van der Waals surface area contributed by atoms with Crippen molar-refractivity contribution in [2.75, 3.05) is 45.3 Å². The minimum absolute atomic E-state index is 0. The van der Waals surface area contributed by atoms with Gasteiger partial charge in [0.25, 0.3) is 0 Å². The molecule has 1 aromatic carbocycles. The number of halogens is 1. The second-order valence-electron chi connectivity index (χ2n) is 5.65. The second-order valence-corrected chi connectivity index (χ2v) is 5.65. The van der Waals surface area contributed by atoms with E-state index < -0.39 is 0 Å². The summed E-state index contributed by atoms with van der Waals surface area (Å²) in [6.07, 6.45) is 4.26. The molecule has 2 aromatic rings. The van der Waals surface area contributed by atoms with Crippen LogP contribution in [-0.2, 0) is 4.74 Å². The maximum Gasteiger partial charge on any atom is 0.195 e. The molecule has 0 saturated heterocycles. The van der Waals surface area contributed by atoms with E-state index in [4.69, 9.17) is 14.2 Å². The van der Waals surface area contributed by atoms with E-state index in [9.17, 15) is 0 Å². The molecule has 0 fully saturated rings. The molecule has 0 unspecified atom stereocenters. The molecule has 0 amide bonds. The van der Waals surface area contributed by atoms with Crippen LogP contribution in [0.5, 0.6) is 11.5 Å². The summed E-state index contributed by atoms with van der Waals surface area (Å²) in [6.45, 7) is 5.11. The summed E-state index contributed by atoms with van der Waals surface area (Å²) < 4.78 is 16.4. The van der Waals surface area contributed by atoms with Gasteiger partial charge in [0.05, 0.1) is 19.3 Å². The third-order valence-electron chi connectivity index (χ3n) is 3.47. The van der Waals surface area contributed by atoms with Crippen LogP contribution in [0.3, 0.4) is 0 Å². The zero-order valence-corrected chi connectivity index (χ0v) is 18.7. The highest BCUT2D eigenvalue weighted by atomic mass is 127. The van der Waals surface area contributed by atoms with Crippen molar-refractivity contribution in [3.05, 3.63) is 48.8 Å². The third-order valence-corrected chi connectivity index (χ3v) is 3.47. The Hall–Kier alpha value is -2.07. The number of benzene rings is 1.